The predicted molar refractivity (Wildman–Crippen MR) is 80.5 cm³/mol. The van der Waals surface area contributed by atoms with Crippen molar-refractivity contribution >= 4 is 21.9 Å². The van der Waals surface area contributed by atoms with Crippen molar-refractivity contribution < 1.29 is 9.15 Å². The van der Waals surface area contributed by atoms with Crippen molar-refractivity contribution in [2.75, 3.05) is 6.61 Å². The summed E-state index contributed by atoms with van der Waals surface area (Å²) < 4.78 is 11.5. The first-order valence-electron chi connectivity index (χ1n) is 6.79. The summed E-state index contributed by atoms with van der Waals surface area (Å²) >= 11 is 0. The molecule has 3 heteroatoms. The van der Waals surface area contributed by atoms with Crippen LogP contribution in [0.5, 0.6) is 5.75 Å². The average Bonchev–Trinajstić information content (AvgIpc) is 2.44. The van der Waals surface area contributed by atoms with Gasteiger partial charge in [0.05, 0.1) is 12.0 Å². The Bertz CT molecular complexity index is 831. The lowest BCUT2D eigenvalue weighted by atomic mass is 10.1. The summed E-state index contributed by atoms with van der Waals surface area (Å²) in [5, 5.41) is 1.12. The standard InChI is InChI=1S/C17H16O3/c1-3-9-19-13-5-4-6-14-16(13)17(18)12-8-7-11(2)10-15(12)20-14/h4-8,10H,3,9H2,1-2H3. The number of hydrogen-bond donors (Lipinski definition) is 0. The lowest BCUT2D eigenvalue weighted by Gasteiger charge is -2.08. The van der Waals surface area contributed by atoms with E-state index in [4.69, 9.17) is 9.15 Å². The zero-order valence-electron chi connectivity index (χ0n) is 11.6. The van der Waals surface area contributed by atoms with Gasteiger partial charge in [0.1, 0.15) is 22.3 Å². The van der Waals surface area contributed by atoms with Gasteiger partial charge >= 0.3 is 0 Å². The van der Waals surface area contributed by atoms with Crippen LogP contribution in [0.25, 0.3) is 21.9 Å². The van der Waals surface area contributed by atoms with Crippen molar-refractivity contribution in [3.8, 4) is 5.75 Å². The molecule has 0 aliphatic carbocycles. The Morgan fingerprint density at radius 2 is 2.00 bits per heavy atom. The van der Waals surface area contributed by atoms with Gasteiger partial charge in [0.25, 0.3) is 0 Å². The highest BCUT2D eigenvalue weighted by molar-refractivity contribution is 5.93. The fourth-order valence-corrected chi connectivity index (χ4v) is 2.31. The van der Waals surface area contributed by atoms with Crippen LogP contribution in [-0.4, -0.2) is 6.61 Å². The maximum absolute atomic E-state index is 12.6. The number of aryl methyl sites for hydroxylation is 1. The molecule has 3 nitrogen and oxygen atoms in total. The minimum atomic E-state index is -0.0343. The molecular weight excluding hydrogens is 252 g/mol. The topological polar surface area (TPSA) is 39.4 Å². The van der Waals surface area contributed by atoms with E-state index in [0.717, 1.165) is 12.0 Å². The van der Waals surface area contributed by atoms with Crippen molar-refractivity contribution in [1.82, 2.24) is 0 Å². The van der Waals surface area contributed by atoms with Crippen molar-refractivity contribution in [2.45, 2.75) is 20.3 Å². The van der Waals surface area contributed by atoms with Crippen molar-refractivity contribution in [2.24, 2.45) is 0 Å². The molecular formula is C17H16O3. The first-order chi connectivity index (χ1) is 9.70. The normalized spacial score (nSPS) is 11.1. The second kappa shape index (κ2) is 5.00. The summed E-state index contributed by atoms with van der Waals surface area (Å²) in [6.45, 7) is 4.60. The third-order valence-corrected chi connectivity index (χ3v) is 3.28. The van der Waals surface area contributed by atoms with Gasteiger partial charge in [-0.05, 0) is 43.2 Å². The smallest absolute Gasteiger partial charge is 0.204 e. The van der Waals surface area contributed by atoms with E-state index >= 15 is 0 Å². The molecule has 0 amide bonds. The predicted octanol–water partition coefficient (Wildman–Crippen LogP) is 4.04. The fraction of sp³-hybridized carbons (Fsp3) is 0.235. The van der Waals surface area contributed by atoms with Crippen LogP contribution in [0.3, 0.4) is 0 Å². The molecule has 0 aliphatic rings. The number of ether oxygens (including phenoxy) is 1. The molecule has 0 saturated carbocycles. The lowest BCUT2D eigenvalue weighted by molar-refractivity contribution is 0.321. The maximum Gasteiger partial charge on any atom is 0.204 e. The Labute approximate surface area is 116 Å². The molecule has 0 bridgehead atoms. The van der Waals surface area contributed by atoms with Gasteiger partial charge in [0.2, 0.25) is 5.43 Å². The van der Waals surface area contributed by atoms with Crippen molar-refractivity contribution in [3.63, 3.8) is 0 Å². The van der Waals surface area contributed by atoms with E-state index in [1.807, 2.05) is 44.2 Å². The van der Waals surface area contributed by atoms with Crippen LogP contribution in [0, 0.1) is 6.92 Å². The highest BCUT2D eigenvalue weighted by Crippen LogP contribution is 2.26. The van der Waals surface area contributed by atoms with E-state index in [0.29, 0.717) is 34.3 Å². The molecule has 20 heavy (non-hydrogen) atoms. The van der Waals surface area contributed by atoms with Gasteiger partial charge in [0.15, 0.2) is 0 Å². The number of hydrogen-bond acceptors (Lipinski definition) is 3. The molecule has 3 aromatic rings. The minimum Gasteiger partial charge on any atom is -0.493 e. The summed E-state index contributed by atoms with van der Waals surface area (Å²) in [5.74, 6) is 0.598. The molecule has 0 N–H and O–H groups in total. The maximum atomic E-state index is 12.6. The van der Waals surface area contributed by atoms with Crippen LogP contribution in [-0.2, 0) is 0 Å². The van der Waals surface area contributed by atoms with Crippen LogP contribution in [0.2, 0.25) is 0 Å². The number of rotatable bonds is 3. The highest BCUT2D eigenvalue weighted by Gasteiger charge is 2.12. The second-order valence-corrected chi connectivity index (χ2v) is 4.91. The molecule has 0 saturated heterocycles. The van der Waals surface area contributed by atoms with Gasteiger partial charge in [-0.3, -0.25) is 4.79 Å². The van der Waals surface area contributed by atoms with Gasteiger partial charge < -0.3 is 9.15 Å². The SMILES string of the molecule is CCCOc1cccc2oc3cc(C)ccc3c(=O)c12. The Morgan fingerprint density at radius 1 is 1.15 bits per heavy atom. The average molecular weight is 268 g/mol. The highest BCUT2D eigenvalue weighted by atomic mass is 16.5. The molecule has 102 valence electrons. The quantitative estimate of drug-likeness (QED) is 0.673. The molecule has 1 aromatic heterocycles. The van der Waals surface area contributed by atoms with Crippen molar-refractivity contribution in [1.29, 1.82) is 0 Å². The van der Waals surface area contributed by atoms with Gasteiger partial charge in [-0.1, -0.05) is 19.1 Å². The molecule has 0 atom stereocenters. The monoisotopic (exact) mass is 268 g/mol. The van der Waals surface area contributed by atoms with Gasteiger partial charge in [0, 0.05) is 0 Å². The van der Waals surface area contributed by atoms with E-state index in [2.05, 4.69) is 0 Å². The molecule has 2 aromatic carbocycles. The van der Waals surface area contributed by atoms with Crippen LogP contribution in [0.4, 0.5) is 0 Å². The molecule has 0 spiro atoms. The van der Waals surface area contributed by atoms with E-state index in [1.165, 1.54) is 0 Å². The number of fused-ring (bicyclic) bond motifs is 2. The Hall–Kier alpha value is -2.29. The van der Waals surface area contributed by atoms with Crippen LogP contribution in [0.1, 0.15) is 18.9 Å². The molecule has 0 aliphatic heterocycles. The molecule has 0 radical (unpaired) electrons. The lowest BCUT2D eigenvalue weighted by Crippen LogP contribution is -2.05. The minimum absolute atomic E-state index is 0.0343. The van der Waals surface area contributed by atoms with E-state index in [9.17, 15) is 4.79 Å². The summed E-state index contributed by atoms with van der Waals surface area (Å²) in [4.78, 5) is 12.6. The second-order valence-electron chi connectivity index (χ2n) is 4.91. The zero-order valence-corrected chi connectivity index (χ0v) is 11.6. The van der Waals surface area contributed by atoms with E-state index in [1.54, 1.807) is 6.07 Å². The Kier molecular flexibility index (Phi) is 3.18. The van der Waals surface area contributed by atoms with E-state index < -0.39 is 0 Å². The van der Waals surface area contributed by atoms with Crippen LogP contribution < -0.4 is 10.2 Å². The third kappa shape index (κ3) is 2.05. The summed E-state index contributed by atoms with van der Waals surface area (Å²) in [6.07, 6.45) is 0.897. The van der Waals surface area contributed by atoms with Crippen LogP contribution in [0.15, 0.2) is 45.6 Å². The first-order valence-corrected chi connectivity index (χ1v) is 6.79. The number of benzene rings is 2. The Morgan fingerprint density at radius 3 is 2.80 bits per heavy atom. The summed E-state index contributed by atoms with van der Waals surface area (Å²) in [7, 11) is 0. The summed E-state index contributed by atoms with van der Waals surface area (Å²) in [5.41, 5.74) is 2.23. The fourth-order valence-electron chi connectivity index (χ4n) is 2.31. The molecule has 3 rings (SSSR count). The zero-order chi connectivity index (χ0) is 14.1. The molecule has 1 heterocycles. The van der Waals surface area contributed by atoms with Crippen molar-refractivity contribution in [3.05, 3.63) is 52.2 Å². The largest absolute Gasteiger partial charge is 0.493 e. The summed E-state index contributed by atoms with van der Waals surface area (Å²) in [6, 6.07) is 11.1. The van der Waals surface area contributed by atoms with Gasteiger partial charge in [-0.2, -0.15) is 0 Å². The third-order valence-electron chi connectivity index (χ3n) is 3.28. The van der Waals surface area contributed by atoms with E-state index in [-0.39, 0.29) is 5.43 Å². The van der Waals surface area contributed by atoms with Gasteiger partial charge in [-0.15, -0.1) is 0 Å². The first kappa shape index (κ1) is 12.7. The Balaban J connectivity index is 2.35. The van der Waals surface area contributed by atoms with Gasteiger partial charge in [-0.25, -0.2) is 0 Å². The molecule has 0 fully saturated rings. The van der Waals surface area contributed by atoms with Crippen LogP contribution >= 0.6 is 0 Å². The molecule has 0 unspecified atom stereocenters.